The summed E-state index contributed by atoms with van der Waals surface area (Å²) in [4.78, 5) is 10.7. The van der Waals surface area contributed by atoms with Crippen LogP contribution in [0.5, 0.6) is 0 Å². The second-order valence-electron chi connectivity index (χ2n) is 8.71. The third-order valence-electron chi connectivity index (χ3n) is 6.51. The fourth-order valence-electron chi connectivity index (χ4n) is 3.88. The van der Waals surface area contributed by atoms with Gasteiger partial charge < -0.3 is 5.11 Å². The fraction of sp³-hybridized carbons (Fsp3) is 0.440. The normalized spacial score (nSPS) is 15.9. The van der Waals surface area contributed by atoms with Gasteiger partial charge in [0.25, 0.3) is 0 Å². The minimum absolute atomic E-state index is 0.0804. The van der Waals surface area contributed by atoms with Crippen LogP contribution in [0.3, 0.4) is 0 Å². The van der Waals surface area contributed by atoms with Crippen molar-refractivity contribution in [2.45, 2.75) is 65.2 Å². The van der Waals surface area contributed by atoms with Crippen LogP contribution in [0.25, 0.3) is 0 Å². The van der Waals surface area contributed by atoms with Crippen LogP contribution in [-0.4, -0.2) is 11.1 Å². The lowest BCUT2D eigenvalue weighted by atomic mass is 9.75. The molecule has 0 spiro atoms. The molecule has 4 rings (SSSR count). The lowest BCUT2D eigenvalue weighted by molar-refractivity contribution is 0.0697. The average molecular weight is 364 g/mol. The molecule has 143 valence electrons. The van der Waals surface area contributed by atoms with Crippen LogP contribution >= 0.6 is 0 Å². The molecule has 2 aliphatic rings. The van der Waals surface area contributed by atoms with Crippen LogP contribution in [0.2, 0.25) is 0 Å². The maximum Gasteiger partial charge on any atom is 0.335 e. The number of carbonyl (C=O) groups is 1. The first-order valence-corrected chi connectivity index (χ1v) is 10.1. The largest absolute Gasteiger partial charge is 0.478 e. The Labute approximate surface area is 163 Å². The van der Waals surface area contributed by atoms with Crippen LogP contribution in [0.4, 0.5) is 0 Å². The van der Waals surface area contributed by atoms with E-state index in [9.17, 15) is 4.79 Å². The minimum Gasteiger partial charge on any atom is -0.478 e. The second-order valence-corrected chi connectivity index (χ2v) is 8.71. The first kappa shape index (κ1) is 19.7. The first-order chi connectivity index (χ1) is 12.8. The van der Waals surface area contributed by atoms with Gasteiger partial charge >= 0.3 is 5.97 Å². The van der Waals surface area contributed by atoms with E-state index >= 15 is 0 Å². The lowest BCUT2D eigenvalue weighted by Crippen LogP contribution is -2.24. The van der Waals surface area contributed by atoms with Gasteiger partial charge in [0, 0.05) is 5.92 Å². The highest BCUT2D eigenvalue weighted by Crippen LogP contribution is 2.37. The number of carboxylic acids is 1. The molecule has 0 atom stereocenters. The molecule has 0 aromatic heterocycles. The summed E-state index contributed by atoms with van der Waals surface area (Å²) in [7, 11) is 0. The molecule has 1 radical (unpaired) electrons. The van der Waals surface area contributed by atoms with Gasteiger partial charge in [-0.05, 0) is 77.8 Å². The van der Waals surface area contributed by atoms with Gasteiger partial charge in [0.05, 0.1) is 5.56 Å². The monoisotopic (exact) mass is 363 g/mol. The number of hydrogen-bond acceptors (Lipinski definition) is 1. The summed E-state index contributed by atoms with van der Waals surface area (Å²) in [5.74, 6) is 1.38. The number of benzene rings is 2. The molecule has 2 nitrogen and oxygen atoms in total. The van der Waals surface area contributed by atoms with Gasteiger partial charge in [-0.1, -0.05) is 58.0 Å². The number of aromatic carboxylic acids is 1. The van der Waals surface area contributed by atoms with Crippen molar-refractivity contribution in [3.8, 4) is 0 Å². The van der Waals surface area contributed by atoms with E-state index in [0.29, 0.717) is 11.5 Å². The van der Waals surface area contributed by atoms with Gasteiger partial charge in [0.2, 0.25) is 0 Å². The quantitative estimate of drug-likeness (QED) is 0.704. The molecule has 0 fully saturated rings. The van der Waals surface area contributed by atoms with Crippen molar-refractivity contribution >= 4 is 5.97 Å². The predicted molar refractivity (Wildman–Crippen MR) is 111 cm³/mol. The summed E-state index contributed by atoms with van der Waals surface area (Å²) in [5.41, 5.74) is 6.35. The van der Waals surface area contributed by atoms with Gasteiger partial charge in [-0.2, -0.15) is 0 Å². The molecule has 0 heterocycles. The molecule has 1 N–H and O–H groups in total. The van der Waals surface area contributed by atoms with E-state index in [4.69, 9.17) is 5.11 Å². The third-order valence-corrected chi connectivity index (χ3v) is 6.51. The van der Waals surface area contributed by atoms with Crippen LogP contribution in [0, 0.1) is 11.8 Å². The predicted octanol–water partition coefficient (Wildman–Crippen LogP) is 6.21. The summed E-state index contributed by atoms with van der Waals surface area (Å²) in [6.07, 6.45) is 6.65. The Bertz CT molecular complexity index is 800. The van der Waals surface area contributed by atoms with Gasteiger partial charge in [0.15, 0.2) is 0 Å². The van der Waals surface area contributed by atoms with E-state index < -0.39 is 5.97 Å². The molecule has 2 heteroatoms. The summed E-state index contributed by atoms with van der Waals surface area (Å²) in [5, 5.41) is 8.79. The highest BCUT2D eigenvalue weighted by atomic mass is 16.4. The maximum atomic E-state index is 10.7. The zero-order valence-corrected chi connectivity index (χ0v) is 17.0. The highest BCUT2D eigenvalue weighted by molar-refractivity contribution is 5.87. The molecule has 0 saturated carbocycles. The topological polar surface area (TPSA) is 37.3 Å². The second kappa shape index (κ2) is 7.88. The first-order valence-electron chi connectivity index (χ1n) is 10.1. The van der Waals surface area contributed by atoms with Crippen LogP contribution in [0.1, 0.15) is 79.6 Å². The van der Waals surface area contributed by atoms with Crippen molar-refractivity contribution in [3.63, 3.8) is 0 Å². The molecule has 2 aliphatic carbocycles. The van der Waals surface area contributed by atoms with Crippen LogP contribution < -0.4 is 0 Å². The van der Waals surface area contributed by atoms with E-state index in [1.807, 2.05) is 12.1 Å². The number of aryl methyl sites for hydroxylation is 2. The van der Waals surface area contributed by atoms with E-state index in [1.165, 1.54) is 37.7 Å². The standard InChI is InChI=1S/C13H18O2.C12H13/c1-9(2)13(3,4)11-7-5-10(6-8-11)12(14)15;1-2-10-6-4-9-5-7-11(3-1)12(10)8-9/h5-9H,1-4H3,(H,14,15);4,6,8H,1-3,5,7H2. The molecular weight excluding hydrogens is 332 g/mol. The summed E-state index contributed by atoms with van der Waals surface area (Å²) < 4.78 is 0. The van der Waals surface area contributed by atoms with Crippen molar-refractivity contribution < 1.29 is 9.90 Å². The Morgan fingerprint density at radius 1 is 0.963 bits per heavy atom. The van der Waals surface area contributed by atoms with Gasteiger partial charge in [0.1, 0.15) is 0 Å². The Morgan fingerprint density at radius 2 is 1.67 bits per heavy atom. The Hall–Kier alpha value is -2.09. The lowest BCUT2D eigenvalue weighted by Gasteiger charge is -2.29. The van der Waals surface area contributed by atoms with Gasteiger partial charge in [-0.15, -0.1) is 0 Å². The Morgan fingerprint density at radius 3 is 2.30 bits per heavy atom. The van der Waals surface area contributed by atoms with Crippen molar-refractivity contribution in [3.05, 3.63) is 76.2 Å². The molecule has 0 saturated heterocycles. The number of carboxylic acid groups (broad SMARTS) is 1. The summed E-state index contributed by atoms with van der Waals surface area (Å²) in [6.45, 7) is 8.69. The summed E-state index contributed by atoms with van der Waals surface area (Å²) in [6, 6.07) is 14.2. The van der Waals surface area contributed by atoms with E-state index in [0.717, 1.165) is 0 Å². The van der Waals surface area contributed by atoms with Crippen molar-refractivity contribution in [2.24, 2.45) is 5.92 Å². The number of rotatable bonds is 3. The average Bonchev–Trinajstić information content (AvgIpc) is 2.68. The zero-order chi connectivity index (χ0) is 19.6. The molecule has 0 unspecified atom stereocenters. The van der Waals surface area contributed by atoms with Gasteiger partial charge in [-0.3, -0.25) is 0 Å². The molecule has 2 aromatic carbocycles. The molecule has 27 heavy (non-hydrogen) atoms. The maximum absolute atomic E-state index is 10.7. The Kier molecular flexibility index (Phi) is 5.74. The van der Waals surface area contributed by atoms with Crippen molar-refractivity contribution in [1.29, 1.82) is 0 Å². The van der Waals surface area contributed by atoms with Gasteiger partial charge in [-0.25, -0.2) is 4.79 Å². The van der Waals surface area contributed by atoms with Crippen LogP contribution in [0.15, 0.2) is 42.5 Å². The molecular formula is C25H31O2. The number of fused-ring (bicyclic) bond motifs is 1. The third kappa shape index (κ3) is 4.26. The fourth-order valence-corrected chi connectivity index (χ4v) is 3.88. The highest BCUT2D eigenvalue weighted by Gasteiger charge is 2.25. The zero-order valence-electron chi connectivity index (χ0n) is 17.0. The van der Waals surface area contributed by atoms with E-state index in [1.54, 1.807) is 34.7 Å². The van der Waals surface area contributed by atoms with E-state index in [2.05, 4.69) is 45.9 Å². The number of hydrogen-bond donors (Lipinski definition) is 1. The minimum atomic E-state index is -0.871. The molecule has 2 bridgehead atoms. The molecule has 2 aromatic rings. The van der Waals surface area contributed by atoms with Crippen molar-refractivity contribution in [1.82, 2.24) is 0 Å². The van der Waals surface area contributed by atoms with E-state index in [-0.39, 0.29) is 5.41 Å². The smallest absolute Gasteiger partial charge is 0.335 e. The molecule has 0 amide bonds. The molecule has 0 aliphatic heterocycles. The van der Waals surface area contributed by atoms with Crippen molar-refractivity contribution in [2.75, 3.05) is 0 Å². The Balaban J connectivity index is 0.000000158. The summed E-state index contributed by atoms with van der Waals surface area (Å²) >= 11 is 0. The van der Waals surface area contributed by atoms with Crippen LogP contribution in [-0.2, 0) is 18.3 Å². The SMILES string of the molecule is CC(C)C(C)(C)c1ccc(C(=O)O)cc1.c1cc2c3cc1CC[C]3CCC2.